The molecule has 3 aromatic rings. The quantitative estimate of drug-likeness (QED) is 0.477. The maximum Gasteiger partial charge on any atom is 0.246 e. The minimum absolute atomic E-state index is 0.128. The number of para-hydroxylation sites is 1. The number of likely N-dealkylation sites (N-methyl/N-ethyl adjacent to an activating group) is 1. The predicted octanol–water partition coefficient (Wildman–Crippen LogP) is 4.47. The van der Waals surface area contributed by atoms with Gasteiger partial charge < -0.3 is 20.3 Å². The van der Waals surface area contributed by atoms with Gasteiger partial charge in [-0.25, -0.2) is 0 Å². The van der Waals surface area contributed by atoms with Crippen LogP contribution in [-0.2, 0) is 11.3 Å². The summed E-state index contributed by atoms with van der Waals surface area (Å²) < 4.78 is 8.02. The molecule has 0 radical (unpaired) electrons. The van der Waals surface area contributed by atoms with Crippen LogP contribution in [0.5, 0.6) is 11.5 Å². The molecule has 1 amide bonds. The fraction of sp³-hybridized carbons (Fsp3) is 0.379. The molecule has 2 fully saturated rings. The number of nitrogens with two attached hydrogens (primary N) is 1. The van der Waals surface area contributed by atoms with Crippen molar-refractivity contribution in [1.29, 1.82) is 0 Å². The zero-order chi connectivity index (χ0) is 25.1. The lowest BCUT2D eigenvalue weighted by Crippen LogP contribution is -2.41. The van der Waals surface area contributed by atoms with Crippen molar-refractivity contribution in [3.63, 3.8) is 0 Å². The third-order valence-corrected chi connectivity index (χ3v) is 7.33. The Morgan fingerprint density at radius 2 is 1.86 bits per heavy atom. The standard InChI is InChI=1S/C29H35N5O2/c1-32(2)15-6-9-27(35)33-16-14-29(21-33)17-24(18-29)34-20-23(19-30)28(31-34)22-10-12-26(13-11-22)36-25-7-4-3-5-8-25/h3-13,20,24H,14-19,21,30H2,1-2H3/b9-6+. The number of rotatable bonds is 8. The number of carbonyl (C=O) groups excluding carboxylic acids is 1. The molecule has 0 unspecified atom stereocenters. The van der Waals surface area contributed by atoms with Crippen LogP contribution >= 0.6 is 0 Å². The molecule has 7 nitrogen and oxygen atoms in total. The molecular weight excluding hydrogens is 450 g/mol. The van der Waals surface area contributed by atoms with Gasteiger partial charge in [-0.1, -0.05) is 24.3 Å². The third kappa shape index (κ3) is 5.22. The van der Waals surface area contributed by atoms with Gasteiger partial charge in [0.2, 0.25) is 5.91 Å². The second-order valence-electron chi connectivity index (χ2n) is 10.4. The van der Waals surface area contributed by atoms with Crippen LogP contribution in [0.1, 0.15) is 30.9 Å². The number of hydrogen-bond acceptors (Lipinski definition) is 5. The van der Waals surface area contributed by atoms with Crippen molar-refractivity contribution in [3.8, 4) is 22.8 Å². The average Bonchev–Trinajstić information content (AvgIpc) is 3.49. The van der Waals surface area contributed by atoms with Gasteiger partial charge >= 0.3 is 0 Å². The summed E-state index contributed by atoms with van der Waals surface area (Å²) in [6, 6.07) is 18.1. The zero-order valence-corrected chi connectivity index (χ0v) is 21.1. The Kier molecular flexibility index (Phi) is 6.94. The zero-order valence-electron chi connectivity index (χ0n) is 21.1. The van der Waals surface area contributed by atoms with E-state index < -0.39 is 0 Å². The lowest BCUT2D eigenvalue weighted by Gasteiger charge is -2.45. The van der Waals surface area contributed by atoms with Gasteiger partial charge in [-0.3, -0.25) is 9.48 Å². The molecule has 1 aromatic heterocycles. The molecule has 5 rings (SSSR count). The maximum atomic E-state index is 12.6. The van der Waals surface area contributed by atoms with Crippen LogP contribution in [0, 0.1) is 5.41 Å². The Labute approximate surface area is 213 Å². The van der Waals surface area contributed by atoms with Gasteiger partial charge in [-0.15, -0.1) is 0 Å². The molecule has 1 spiro atoms. The van der Waals surface area contributed by atoms with Crippen molar-refractivity contribution in [2.24, 2.45) is 11.1 Å². The summed E-state index contributed by atoms with van der Waals surface area (Å²) in [5.74, 6) is 1.73. The van der Waals surface area contributed by atoms with Crippen molar-refractivity contribution in [2.75, 3.05) is 33.7 Å². The van der Waals surface area contributed by atoms with E-state index in [0.717, 1.165) is 67.2 Å². The number of benzene rings is 2. The van der Waals surface area contributed by atoms with Crippen LogP contribution in [0.3, 0.4) is 0 Å². The lowest BCUT2D eigenvalue weighted by molar-refractivity contribution is -0.125. The van der Waals surface area contributed by atoms with Gasteiger partial charge in [-0.05, 0) is 75.2 Å². The van der Waals surface area contributed by atoms with E-state index in [1.165, 1.54) is 0 Å². The Morgan fingerprint density at radius 1 is 1.14 bits per heavy atom. The highest BCUT2D eigenvalue weighted by Crippen LogP contribution is 2.54. The van der Waals surface area contributed by atoms with Crippen molar-refractivity contribution in [2.45, 2.75) is 31.8 Å². The van der Waals surface area contributed by atoms with E-state index in [2.05, 4.69) is 10.9 Å². The summed E-state index contributed by atoms with van der Waals surface area (Å²) in [7, 11) is 4.00. The molecule has 36 heavy (non-hydrogen) atoms. The molecular formula is C29H35N5O2. The molecule has 1 aliphatic heterocycles. The summed E-state index contributed by atoms with van der Waals surface area (Å²) in [5, 5.41) is 4.95. The first kappa shape index (κ1) is 24.3. The summed E-state index contributed by atoms with van der Waals surface area (Å²) in [5.41, 5.74) is 9.32. The van der Waals surface area contributed by atoms with Crippen molar-refractivity contribution in [3.05, 3.63) is 78.5 Å². The lowest BCUT2D eigenvalue weighted by atomic mass is 9.65. The number of carbonyl (C=O) groups is 1. The second kappa shape index (κ2) is 10.3. The number of aromatic nitrogens is 2. The Hall–Kier alpha value is -3.42. The third-order valence-electron chi connectivity index (χ3n) is 7.33. The summed E-state index contributed by atoms with van der Waals surface area (Å²) in [6.45, 7) is 2.90. The molecule has 7 heteroatoms. The van der Waals surface area contributed by atoms with Crippen LogP contribution in [-0.4, -0.2) is 59.2 Å². The first-order valence-corrected chi connectivity index (χ1v) is 12.7. The number of nitrogens with zero attached hydrogens (tertiary/aromatic N) is 4. The molecule has 0 atom stereocenters. The SMILES string of the molecule is CN(C)C/C=C/C(=O)N1CCC2(CC(n3cc(CN)c(-c4ccc(Oc5ccccc5)cc4)n3)C2)C1. The van der Waals surface area contributed by atoms with E-state index in [9.17, 15) is 4.79 Å². The molecule has 1 aliphatic carbocycles. The van der Waals surface area contributed by atoms with Gasteiger partial charge in [0, 0.05) is 49.6 Å². The molecule has 0 bridgehead atoms. The summed E-state index contributed by atoms with van der Waals surface area (Å²) in [6.07, 6.45) is 8.93. The largest absolute Gasteiger partial charge is 0.457 e. The molecule has 2 heterocycles. The van der Waals surface area contributed by atoms with E-state index in [1.54, 1.807) is 6.08 Å². The van der Waals surface area contributed by atoms with Crippen LogP contribution in [0.15, 0.2) is 72.9 Å². The van der Waals surface area contributed by atoms with Crippen LogP contribution in [0.25, 0.3) is 11.3 Å². The highest BCUT2D eigenvalue weighted by atomic mass is 16.5. The molecule has 2 N–H and O–H groups in total. The van der Waals surface area contributed by atoms with Gasteiger partial charge in [-0.2, -0.15) is 5.10 Å². The average molecular weight is 486 g/mol. The first-order chi connectivity index (χ1) is 17.4. The van der Waals surface area contributed by atoms with Crippen LogP contribution < -0.4 is 10.5 Å². The monoisotopic (exact) mass is 485 g/mol. The van der Waals surface area contributed by atoms with E-state index >= 15 is 0 Å². The van der Waals surface area contributed by atoms with Crippen molar-refractivity contribution in [1.82, 2.24) is 19.6 Å². The van der Waals surface area contributed by atoms with E-state index in [0.29, 0.717) is 12.6 Å². The van der Waals surface area contributed by atoms with Crippen molar-refractivity contribution >= 4 is 5.91 Å². The van der Waals surface area contributed by atoms with E-state index in [4.69, 9.17) is 15.6 Å². The minimum Gasteiger partial charge on any atom is -0.457 e. The van der Waals surface area contributed by atoms with E-state index in [1.807, 2.05) is 84.6 Å². The Bertz CT molecular complexity index is 1210. The topological polar surface area (TPSA) is 76.6 Å². The smallest absolute Gasteiger partial charge is 0.246 e. The number of likely N-dealkylation sites (tertiary alicyclic amines) is 1. The van der Waals surface area contributed by atoms with Crippen LogP contribution in [0.4, 0.5) is 0 Å². The normalized spacial score (nSPS) is 21.4. The fourth-order valence-corrected chi connectivity index (χ4v) is 5.37. The fourth-order valence-electron chi connectivity index (χ4n) is 5.37. The van der Waals surface area contributed by atoms with Crippen LogP contribution in [0.2, 0.25) is 0 Å². The highest BCUT2D eigenvalue weighted by molar-refractivity contribution is 5.87. The number of hydrogen-bond donors (Lipinski definition) is 1. The van der Waals surface area contributed by atoms with Gasteiger partial charge in [0.15, 0.2) is 0 Å². The van der Waals surface area contributed by atoms with Gasteiger partial charge in [0.1, 0.15) is 11.5 Å². The molecule has 188 valence electrons. The molecule has 1 saturated heterocycles. The number of ether oxygens (including phenoxy) is 1. The highest BCUT2D eigenvalue weighted by Gasteiger charge is 2.50. The second-order valence-corrected chi connectivity index (χ2v) is 10.4. The Morgan fingerprint density at radius 3 is 2.56 bits per heavy atom. The summed E-state index contributed by atoms with van der Waals surface area (Å²) >= 11 is 0. The molecule has 2 aliphatic rings. The first-order valence-electron chi connectivity index (χ1n) is 12.7. The minimum atomic E-state index is 0.128. The maximum absolute atomic E-state index is 12.6. The molecule has 1 saturated carbocycles. The Balaban J connectivity index is 1.21. The van der Waals surface area contributed by atoms with Gasteiger partial charge in [0.05, 0.1) is 11.7 Å². The predicted molar refractivity (Wildman–Crippen MR) is 142 cm³/mol. The molecule has 2 aromatic carbocycles. The summed E-state index contributed by atoms with van der Waals surface area (Å²) in [4.78, 5) is 16.6. The van der Waals surface area contributed by atoms with Gasteiger partial charge in [0.25, 0.3) is 0 Å². The number of amides is 1. The van der Waals surface area contributed by atoms with E-state index in [-0.39, 0.29) is 11.3 Å². The van der Waals surface area contributed by atoms with Crippen molar-refractivity contribution < 1.29 is 9.53 Å².